The Bertz CT molecular complexity index is 597. The number of hydrogen-bond donors (Lipinski definition) is 3. The van der Waals surface area contributed by atoms with Crippen molar-refractivity contribution in [2.75, 3.05) is 13.7 Å². The van der Waals surface area contributed by atoms with Crippen LogP contribution in [-0.4, -0.2) is 36.9 Å². The molecule has 0 spiro atoms. The summed E-state index contributed by atoms with van der Waals surface area (Å²) in [4.78, 5) is 16.2. The molecule has 1 fully saturated rings. The van der Waals surface area contributed by atoms with Gasteiger partial charge in [0.05, 0.1) is 6.61 Å². The van der Waals surface area contributed by atoms with E-state index in [-0.39, 0.29) is 18.6 Å². The Morgan fingerprint density at radius 3 is 2.07 bits per heavy atom. The van der Waals surface area contributed by atoms with Gasteiger partial charge in [0.25, 0.3) is 5.91 Å². The van der Waals surface area contributed by atoms with Crippen molar-refractivity contribution >= 4 is 12.1 Å². The number of benzene rings is 1. The molecule has 3 N–H and O–H groups in total. The Morgan fingerprint density at radius 1 is 1.13 bits per heavy atom. The van der Waals surface area contributed by atoms with Crippen molar-refractivity contribution in [3.8, 4) is 0 Å². The summed E-state index contributed by atoms with van der Waals surface area (Å²) in [7, 11) is 1.74. The van der Waals surface area contributed by atoms with E-state index in [0.29, 0.717) is 11.4 Å². The molecule has 0 aromatic heterocycles. The SMILES string of the molecule is C1CCCCC1.C=C(/N=C\c1cccc(C(=O)NC(C)CO)c1C)NC.CC.CC. The fourth-order valence-corrected chi connectivity index (χ4v) is 2.66. The summed E-state index contributed by atoms with van der Waals surface area (Å²) in [5, 5.41) is 14.5. The average molecular weight is 420 g/mol. The molecule has 0 bridgehead atoms. The highest BCUT2D eigenvalue weighted by Crippen LogP contribution is 2.15. The van der Waals surface area contributed by atoms with Gasteiger partial charge in [0, 0.05) is 24.9 Å². The Labute approximate surface area is 185 Å². The Hall–Kier alpha value is -2.14. The second kappa shape index (κ2) is 20.1. The van der Waals surface area contributed by atoms with Crippen LogP contribution in [-0.2, 0) is 0 Å². The van der Waals surface area contributed by atoms with Crippen molar-refractivity contribution in [3.63, 3.8) is 0 Å². The summed E-state index contributed by atoms with van der Waals surface area (Å²) in [5.41, 5.74) is 2.26. The molecule has 1 aromatic carbocycles. The fourth-order valence-electron chi connectivity index (χ4n) is 2.66. The normalized spacial score (nSPS) is 13.3. The molecule has 2 rings (SSSR count). The Kier molecular flexibility index (Phi) is 20.2. The van der Waals surface area contributed by atoms with Crippen LogP contribution < -0.4 is 10.6 Å². The minimum absolute atomic E-state index is 0.0894. The lowest BCUT2D eigenvalue weighted by atomic mass is 10.0. The molecule has 1 aliphatic rings. The maximum atomic E-state index is 12.1. The van der Waals surface area contributed by atoms with Gasteiger partial charge in [-0.25, -0.2) is 4.99 Å². The van der Waals surface area contributed by atoms with Crippen LogP contribution >= 0.6 is 0 Å². The first-order valence-electron chi connectivity index (χ1n) is 11.4. The third-order valence-electron chi connectivity index (χ3n) is 4.42. The maximum absolute atomic E-state index is 12.1. The molecular formula is C25H45N3O2. The van der Waals surface area contributed by atoms with Crippen molar-refractivity contribution in [1.82, 2.24) is 10.6 Å². The molecular weight excluding hydrogens is 374 g/mol. The van der Waals surface area contributed by atoms with E-state index < -0.39 is 0 Å². The third-order valence-corrected chi connectivity index (χ3v) is 4.42. The number of carbonyl (C=O) groups is 1. The van der Waals surface area contributed by atoms with Gasteiger partial charge < -0.3 is 15.7 Å². The first-order chi connectivity index (χ1) is 14.5. The zero-order chi connectivity index (χ0) is 23.4. The van der Waals surface area contributed by atoms with Crippen molar-refractivity contribution in [2.45, 2.75) is 86.1 Å². The largest absolute Gasteiger partial charge is 0.394 e. The molecule has 0 saturated heterocycles. The first-order valence-corrected chi connectivity index (χ1v) is 11.4. The summed E-state index contributed by atoms with van der Waals surface area (Å²) < 4.78 is 0. The highest BCUT2D eigenvalue weighted by molar-refractivity contribution is 5.98. The number of aliphatic imine (C=N–C) groups is 1. The van der Waals surface area contributed by atoms with Crippen LogP contribution in [0.2, 0.25) is 0 Å². The van der Waals surface area contributed by atoms with Crippen molar-refractivity contribution in [3.05, 3.63) is 47.3 Å². The molecule has 0 heterocycles. The standard InChI is InChI=1S/C15H21N3O2.C6H12.2C2H6/c1-10(9-19)18-15(20)14-7-5-6-13(11(14)2)8-17-12(3)16-4;1-2-4-6-5-3-1;2*1-2/h5-8,10,16,19H,3,9H2,1-2,4H3,(H,18,20);1-6H2;2*1-2H3/b17-8-;;;. The number of aliphatic hydroxyl groups is 1. The van der Waals surface area contributed by atoms with Gasteiger partial charge in [-0.15, -0.1) is 0 Å². The highest BCUT2D eigenvalue weighted by Gasteiger charge is 2.12. The van der Waals surface area contributed by atoms with Crippen molar-refractivity contribution < 1.29 is 9.90 Å². The minimum atomic E-state index is -0.275. The number of rotatable bonds is 6. The smallest absolute Gasteiger partial charge is 0.251 e. The van der Waals surface area contributed by atoms with Gasteiger partial charge in [-0.1, -0.05) is 84.9 Å². The molecule has 30 heavy (non-hydrogen) atoms. The van der Waals surface area contributed by atoms with Crippen LogP contribution in [0.3, 0.4) is 0 Å². The van der Waals surface area contributed by atoms with Crippen LogP contribution in [0.15, 0.2) is 35.6 Å². The zero-order valence-electron chi connectivity index (χ0n) is 20.3. The van der Waals surface area contributed by atoms with Gasteiger partial charge in [-0.05, 0) is 31.0 Å². The average Bonchev–Trinajstić information content (AvgIpc) is 2.82. The van der Waals surface area contributed by atoms with Crippen LogP contribution in [0.4, 0.5) is 0 Å². The molecule has 0 aliphatic heterocycles. The molecule has 1 unspecified atom stereocenters. The molecule has 1 aromatic rings. The fraction of sp³-hybridized carbons (Fsp3) is 0.600. The number of nitrogens with zero attached hydrogens (tertiary/aromatic N) is 1. The van der Waals surface area contributed by atoms with Gasteiger partial charge in [0.1, 0.15) is 5.82 Å². The van der Waals surface area contributed by atoms with E-state index in [2.05, 4.69) is 22.2 Å². The topological polar surface area (TPSA) is 73.7 Å². The van der Waals surface area contributed by atoms with Crippen LogP contribution in [0.25, 0.3) is 0 Å². The van der Waals surface area contributed by atoms with E-state index >= 15 is 0 Å². The Morgan fingerprint density at radius 2 is 1.63 bits per heavy atom. The number of aliphatic hydroxyl groups excluding tert-OH is 1. The lowest BCUT2D eigenvalue weighted by Gasteiger charge is -2.13. The van der Waals surface area contributed by atoms with Crippen LogP contribution in [0.1, 0.15) is 94.6 Å². The lowest BCUT2D eigenvalue weighted by Crippen LogP contribution is -2.35. The molecule has 1 atom stereocenters. The summed E-state index contributed by atoms with van der Waals surface area (Å²) in [5.74, 6) is 0.347. The van der Waals surface area contributed by atoms with Crippen molar-refractivity contribution in [2.24, 2.45) is 4.99 Å². The minimum Gasteiger partial charge on any atom is -0.394 e. The number of hydrogen-bond acceptors (Lipinski definition) is 4. The van der Waals surface area contributed by atoms with E-state index in [1.807, 2.05) is 40.7 Å². The number of amides is 1. The number of nitrogens with one attached hydrogen (secondary N) is 2. The number of carbonyl (C=O) groups excluding carboxylic acids is 1. The predicted molar refractivity (Wildman–Crippen MR) is 131 cm³/mol. The van der Waals surface area contributed by atoms with Gasteiger partial charge in [-0.2, -0.15) is 0 Å². The Balaban J connectivity index is 0. The second-order valence-electron chi connectivity index (χ2n) is 6.65. The van der Waals surface area contributed by atoms with Gasteiger partial charge in [-0.3, -0.25) is 4.79 Å². The summed E-state index contributed by atoms with van der Waals surface area (Å²) >= 11 is 0. The van der Waals surface area contributed by atoms with Crippen LogP contribution in [0, 0.1) is 6.92 Å². The van der Waals surface area contributed by atoms with E-state index in [9.17, 15) is 4.79 Å². The molecule has 5 nitrogen and oxygen atoms in total. The quantitative estimate of drug-likeness (QED) is 0.525. The molecule has 0 radical (unpaired) electrons. The predicted octanol–water partition coefficient (Wildman–Crippen LogP) is 5.61. The van der Waals surface area contributed by atoms with Crippen molar-refractivity contribution in [1.29, 1.82) is 0 Å². The summed E-state index contributed by atoms with van der Waals surface area (Å²) in [6, 6.07) is 5.16. The van der Waals surface area contributed by atoms with Gasteiger partial charge in [0.15, 0.2) is 0 Å². The monoisotopic (exact) mass is 419 g/mol. The highest BCUT2D eigenvalue weighted by atomic mass is 16.3. The summed E-state index contributed by atoms with van der Waals surface area (Å²) in [6.07, 6.45) is 10.7. The molecule has 1 aliphatic carbocycles. The zero-order valence-corrected chi connectivity index (χ0v) is 20.3. The molecule has 1 amide bonds. The summed E-state index contributed by atoms with van der Waals surface area (Å²) in [6.45, 7) is 15.2. The van der Waals surface area contributed by atoms with Gasteiger partial charge >= 0.3 is 0 Å². The van der Waals surface area contributed by atoms with Gasteiger partial charge in [0.2, 0.25) is 0 Å². The molecule has 1 saturated carbocycles. The van der Waals surface area contributed by atoms with E-state index in [1.54, 1.807) is 32.3 Å². The third kappa shape index (κ3) is 13.2. The molecule has 5 heteroatoms. The van der Waals surface area contributed by atoms with E-state index in [0.717, 1.165) is 11.1 Å². The first kappa shape index (κ1) is 30.1. The maximum Gasteiger partial charge on any atom is 0.251 e. The van der Waals surface area contributed by atoms with Crippen LogP contribution in [0.5, 0.6) is 0 Å². The van der Waals surface area contributed by atoms with E-state index in [4.69, 9.17) is 5.11 Å². The lowest BCUT2D eigenvalue weighted by molar-refractivity contribution is 0.0921. The molecule has 172 valence electrons. The second-order valence-corrected chi connectivity index (χ2v) is 6.65. The van der Waals surface area contributed by atoms with E-state index in [1.165, 1.54) is 38.5 Å².